The predicted octanol–water partition coefficient (Wildman–Crippen LogP) is 3.55. The largest absolute Gasteiger partial charge is 0.341 e. The van der Waals surface area contributed by atoms with Crippen molar-refractivity contribution in [2.24, 2.45) is 4.40 Å². The molecule has 30 heavy (non-hydrogen) atoms. The minimum Gasteiger partial charge on any atom is -0.341 e. The van der Waals surface area contributed by atoms with Gasteiger partial charge in [0.1, 0.15) is 10.7 Å². The Morgan fingerprint density at radius 1 is 1.13 bits per heavy atom. The van der Waals surface area contributed by atoms with Gasteiger partial charge in [-0.25, -0.2) is 0 Å². The molecule has 0 fully saturated rings. The fraction of sp³-hybridized carbons (Fsp3) is 0.111. The minimum atomic E-state index is -3.71. The van der Waals surface area contributed by atoms with E-state index < -0.39 is 10.0 Å². The van der Waals surface area contributed by atoms with Gasteiger partial charge < -0.3 is 16.0 Å². The summed E-state index contributed by atoms with van der Waals surface area (Å²) in [5.74, 6) is 0.497. The first-order chi connectivity index (χ1) is 14.4. The first-order valence-corrected chi connectivity index (χ1v) is 11.9. The number of amides is 1. The van der Waals surface area contributed by atoms with E-state index in [4.69, 9.17) is 0 Å². The molecule has 0 radical (unpaired) electrons. The van der Waals surface area contributed by atoms with Gasteiger partial charge in [-0.1, -0.05) is 41.3 Å². The lowest BCUT2D eigenvalue weighted by Gasteiger charge is -2.17. The molecule has 12 heteroatoms. The van der Waals surface area contributed by atoms with Gasteiger partial charge in [-0.3, -0.25) is 4.79 Å². The molecule has 1 aromatic heterocycles. The summed E-state index contributed by atoms with van der Waals surface area (Å²) in [4.78, 5) is 11.4. The zero-order chi connectivity index (χ0) is 21.1. The first kappa shape index (κ1) is 20.3. The second-order valence-electron chi connectivity index (χ2n) is 6.18. The maximum absolute atomic E-state index is 12.3. The number of nitrogens with zero attached hydrogens (tertiary/aromatic N) is 3. The van der Waals surface area contributed by atoms with Crippen LogP contribution in [0.4, 0.5) is 22.2 Å². The zero-order valence-electron chi connectivity index (χ0n) is 15.6. The second-order valence-corrected chi connectivity index (χ2v) is 9.96. The molecule has 0 atom stereocenters. The summed E-state index contributed by atoms with van der Waals surface area (Å²) < 4.78 is 29.1. The predicted molar refractivity (Wildman–Crippen MR) is 119 cm³/mol. The average molecular weight is 461 g/mol. The van der Waals surface area contributed by atoms with E-state index in [1.54, 1.807) is 30.3 Å². The van der Waals surface area contributed by atoms with Crippen molar-refractivity contribution >= 4 is 67.1 Å². The summed E-state index contributed by atoms with van der Waals surface area (Å²) in [5.41, 5.74) is 1.95. The van der Waals surface area contributed by atoms with Gasteiger partial charge in [0.2, 0.25) is 11.0 Å². The molecular formula is C18H16N6O3S3. The number of benzene rings is 2. The Bertz CT molecular complexity index is 1240. The lowest BCUT2D eigenvalue weighted by Crippen LogP contribution is -2.23. The minimum absolute atomic E-state index is 0.148. The summed E-state index contributed by atoms with van der Waals surface area (Å²) in [6.45, 7) is 1.45. The van der Waals surface area contributed by atoms with Crippen LogP contribution in [0.15, 0.2) is 62.2 Å². The van der Waals surface area contributed by atoms with Crippen LogP contribution in [0.2, 0.25) is 0 Å². The molecule has 0 saturated heterocycles. The summed E-state index contributed by atoms with van der Waals surface area (Å²) >= 11 is 2.67. The van der Waals surface area contributed by atoms with Gasteiger partial charge in [0.25, 0.3) is 10.0 Å². The molecular weight excluding hydrogens is 444 g/mol. The normalized spacial score (nSPS) is 14.2. The molecule has 0 bridgehead atoms. The molecule has 1 aliphatic rings. The molecule has 9 nitrogen and oxygen atoms in total. The number of aromatic nitrogens is 2. The van der Waals surface area contributed by atoms with E-state index in [0.29, 0.717) is 32.4 Å². The van der Waals surface area contributed by atoms with E-state index in [0.717, 1.165) is 5.69 Å². The molecule has 1 amide bonds. The number of anilines is 4. The van der Waals surface area contributed by atoms with Crippen LogP contribution >= 0.6 is 23.1 Å². The van der Waals surface area contributed by atoms with Gasteiger partial charge in [0.05, 0.1) is 11.4 Å². The van der Waals surface area contributed by atoms with Gasteiger partial charge in [-0.2, -0.15) is 8.42 Å². The van der Waals surface area contributed by atoms with Crippen molar-refractivity contribution in [2.75, 3.05) is 21.7 Å². The van der Waals surface area contributed by atoms with Gasteiger partial charge in [-0.15, -0.1) is 14.6 Å². The van der Waals surface area contributed by atoms with Gasteiger partial charge in [0, 0.05) is 18.3 Å². The molecule has 1 aliphatic heterocycles. The van der Waals surface area contributed by atoms with E-state index in [9.17, 15) is 13.2 Å². The monoisotopic (exact) mass is 460 g/mol. The van der Waals surface area contributed by atoms with E-state index in [1.165, 1.54) is 36.1 Å². The number of rotatable bonds is 6. The molecule has 154 valence electrons. The maximum Gasteiger partial charge on any atom is 0.286 e. The van der Waals surface area contributed by atoms with Crippen molar-refractivity contribution in [1.82, 2.24) is 10.2 Å². The Hall–Kier alpha value is -2.96. The fourth-order valence-electron chi connectivity index (χ4n) is 2.68. The SMILES string of the molecule is CC(=O)Nc1cccc(Nc2nnc(SCC3=NS(=O)(=O)c4ccccc4N3)s2)c1. The second kappa shape index (κ2) is 8.42. The quantitative estimate of drug-likeness (QED) is 0.477. The lowest BCUT2D eigenvalue weighted by atomic mass is 10.3. The van der Waals surface area contributed by atoms with E-state index in [-0.39, 0.29) is 10.8 Å². The number of carbonyl (C=O) groups excluding carboxylic acids is 1. The summed E-state index contributed by atoms with van der Waals surface area (Å²) in [6.07, 6.45) is 0. The molecule has 0 saturated carbocycles. The number of thioether (sulfide) groups is 1. The van der Waals surface area contributed by atoms with E-state index in [1.807, 2.05) is 12.1 Å². The van der Waals surface area contributed by atoms with Crippen LogP contribution in [0, 0.1) is 0 Å². The van der Waals surface area contributed by atoms with Gasteiger partial charge >= 0.3 is 0 Å². The van der Waals surface area contributed by atoms with Crippen molar-refractivity contribution in [3.05, 3.63) is 48.5 Å². The highest BCUT2D eigenvalue weighted by Gasteiger charge is 2.24. The highest BCUT2D eigenvalue weighted by molar-refractivity contribution is 8.01. The smallest absolute Gasteiger partial charge is 0.286 e. The molecule has 3 aromatic rings. The lowest BCUT2D eigenvalue weighted by molar-refractivity contribution is -0.114. The van der Waals surface area contributed by atoms with Crippen molar-refractivity contribution < 1.29 is 13.2 Å². The molecule has 0 aliphatic carbocycles. The maximum atomic E-state index is 12.3. The summed E-state index contributed by atoms with van der Waals surface area (Å²) in [5, 5.41) is 17.7. The molecule has 2 heterocycles. The highest BCUT2D eigenvalue weighted by Crippen LogP contribution is 2.31. The molecule has 4 rings (SSSR count). The Kier molecular flexibility index (Phi) is 5.70. The standard InChI is InChI=1S/C18H16N6O3S3/c1-11(25)19-12-5-4-6-13(9-12)20-17-22-23-18(29-17)28-10-16-21-14-7-2-3-8-15(14)30(26,27)24-16/h2-9H,10H2,1H3,(H,19,25)(H,20,22)(H,21,24). The number of hydrogen-bond donors (Lipinski definition) is 3. The van der Waals surface area contributed by atoms with E-state index >= 15 is 0 Å². The molecule has 2 aromatic carbocycles. The average Bonchev–Trinajstić information content (AvgIpc) is 3.13. The number of carbonyl (C=O) groups is 1. The molecule has 3 N–H and O–H groups in total. The third kappa shape index (κ3) is 4.78. The van der Waals surface area contributed by atoms with Crippen molar-refractivity contribution in [3.63, 3.8) is 0 Å². The Morgan fingerprint density at radius 2 is 1.93 bits per heavy atom. The Morgan fingerprint density at radius 3 is 2.77 bits per heavy atom. The topological polar surface area (TPSA) is 125 Å². The summed E-state index contributed by atoms with van der Waals surface area (Å²) in [6, 6.07) is 13.9. The number of hydrogen-bond acceptors (Lipinski definition) is 9. The van der Waals surface area contributed by atoms with Crippen LogP contribution in [0.5, 0.6) is 0 Å². The Balaban J connectivity index is 1.40. The van der Waals surface area contributed by atoms with Crippen LogP contribution in [0.3, 0.4) is 0 Å². The van der Waals surface area contributed by atoms with Crippen LogP contribution in [-0.4, -0.2) is 36.1 Å². The molecule has 0 unspecified atom stereocenters. The third-order valence-electron chi connectivity index (χ3n) is 3.85. The highest BCUT2D eigenvalue weighted by atomic mass is 32.2. The fourth-order valence-corrected chi connectivity index (χ4v) is 5.55. The van der Waals surface area contributed by atoms with Crippen molar-refractivity contribution in [2.45, 2.75) is 16.2 Å². The number of amidine groups is 1. The number of fused-ring (bicyclic) bond motifs is 1. The van der Waals surface area contributed by atoms with E-state index in [2.05, 4.69) is 30.5 Å². The van der Waals surface area contributed by atoms with Crippen molar-refractivity contribution in [3.8, 4) is 0 Å². The number of nitrogens with one attached hydrogen (secondary N) is 3. The van der Waals surface area contributed by atoms with Crippen LogP contribution in [0.25, 0.3) is 0 Å². The number of sulfonamides is 1. The van der Waals surface area contributed by atoms with Gasteiger partial charge in [0.15, 0.2) is 4.34 Å². The molecule has 0 spiro atoms. The van der Waals surface area contributed by atoms with Crippen molar-refractivity contribution in [1.29, 1.82) is 0 Å². The first-order valence-electron chi connectivity index (χ1n) is 8.70. The van der Waals surface area contributed by atoms with Crippen LogP contribution < -0.4 is 16.0 Å². The Labute approximate surface area is 181 Å². The van der Waals surface area contributed by atoms with Gasteiger partial charge in [-0.05, 0) is 30.3 Å². The number of para-hydroxylation sites is 1. The third-order valence-corrected chi connectivity index (χ3v) is 7.20. The zero-order valence-corrected chi connectivity index (χ0v) is 18.1. The van der Waals surface area contributed by atoms with Crippen LogP contribution in [-0.2, 0) is 14.8 Å². The van der Waals surface area contributed by atoms with Crippen LogP contribution in [0.1, 0.15) is 6.92 Å². The summed E-state index contributed by atoms with van der Waals surface area (Å²) in [7, 11) is -3.71.